The van der Waals surface area contributed by atoms with E-state index in [0.717, 1.165) is 24.2 Å². The SMILES string of the molecule is CCCC(NCc1cccc(OC)c1)C(=O)OC.Cl. The van der Waals surface area contributed by atoms with Crippen molar-refractivity contribution in [1.29, 1.82) is 0 Å². The minimum absolute atomic E-state index is 0. The number of esters is 1. The van der Waals surface area contributed by atoms with Crippen LogP contribution < -0.4 is 10.1 Å². The lowest BCUT2D eigenvalue weighted by Gasteiger charge is -2.15. The lowest BCUT2D eigenvalue weighted by atomic mass is 10.1. The fourth-order valence-electron chi connectivity index (χ4n) is 1.76. The topological polar surface area (TPSA) is 47.6 Å². The van der Waals surface area contributed by atoms with Crippen LogP contribution >= 0.6 is 12.4 Å². The number of ether oxygens (including phenoxy) is 2. The molecule has 0 radical (unpaired) electrons. The summed E-state index contributed by atoms with van der Waals surface area (Å²) in [5.41, 5.74) is 1.08. The minimum Gasteiger partial charge on any atom is -0.497 e. The Labute approximate surface area is 120 Å². The van der Waals surface area contributed by atoms with Gasteiger partial charge in [-0.3, -0.25) is 4.79 Å². The highest BCUT2D eigenvalue weighted by Crippen LogP contribution is 2.12. The predicted molar refractivity (Wildman–Crippen MR) is 77.8 cm³/mol. The molecule has 1 atom stereocenters. The Morgan fingerprint density at radius 2 is 2.11 bits per heavy atom. The van der Waals surface area contributed by atoms with E-state index in [1.54, 1.807) is 7.11 Å². The van der Waals surface area contributed by atoms with Crippen molar-refractivity contribution >= 4 is 18.4 Å². The third-order valence-corrected chi connectivity index (χ3v) is 2.75. The zero-order valence-electron chi connectivity index (χ0n) is 11.6. The van der Waals surface area contributed by atoms with Gasteiger partial charge in [0.2, 0.25) is 0 Å². The summed E-state index contributed by atoms with van der Waals surface area (Å²) in [5.74, 6) is 0.610. The first-order valence-electron chi connectivity index (χ1n) is 6.15. The van der Waals surface area contributed by atoms with Crippen molar-refractivity contribution in [3.63, 3.8) is 0 Å². The van der Waals surface area contributed by atoms with E-state index in [9.17, 15) is 4.79 Å². The van der Waals surface area contributed by atoms with Gasteiger partial charge in [-0.15, -0.1) is 12.4 Å². The Bertz CT molecular complexity index is 385. The number of hydrogen-bond donors (Lipinski definition) is 1. The average Bonchev–Trinajstić information content (AvgIpc) is 2.42. The van der Waals surface area contributed by atoms with Crippen LogP contribution in [0.5, 0.6) is 5.75 Å². The quantitative estimate of drug-likeness (QED) is 0.783. The molecular weight excluding hydrogens is 266 g/mol. The number of methoxy groups -OCH3 is 2. The Kier molecular flexibility index (Phi) is 9.00. The van der Waals surface area contributed by atoms with Gasteiger partial charge in [0.25, 0.3) is 0 Å². The van der Waals surface area contributed by atoms with Crippen LogP contribution in [-0.2, 0) is 16.1 Å². The first kappa shape index (κ1) is 17.7. The molecule has 0 aliphatic carbocycles. The molecule has 1 N–H and O–H groups in total. The summed E-state index contributed by atoms with van der Waals surface area (Å²) in [7, 11) is 3.05. The van der Waals surface area contributed by atoms with E-state index in [2.05, 4.69) is 5.32 Å². The zero-order chi connectivity index (χ0) is 13.4. The number of hydrogen-bond acceptors (Lipinski definition) is 4. The summed E-state index contributed by atoms with van der Waals surface area (Å²) in [6, 6.07) is 7.53. The third-order valence-electron chi connectivity index (χ3n) is 2.75. The molecule has 0 aromatic heterocycles. The van der Waals surface area contributed by atoms with Gasteiger partial charge in [-0.2, -0.15) is 0 Å². The number of halogens is 1. The van der Waals surface area contributed by atoms with Crippen LogP contribution in [0.15, 0.2) is 24.3 Å². The van der Waals surface area contributed by atoms with Gasteiger partial charge in [-0.05, 0) is 24.1 Å². The average molecular weight is 288 g/mol. The molecule has 0 aliphatic heterocycles. The van der Waals surface area contributed by atoms with E-state index in [1.165, 1.54) is 7.11 Å². The second-order valence-corrected chi connectivity index (χ2v) is 4.10. The molecule has 1 unspecified atom stereocenters. The van der Waals surface area contributed by atoms with Gasteiger partial charge in [0, 0.05) is 6.54 Å². The number of carbonyl (C=O) groups excluding carboxylic acids is 1. The first-order valence-corrected chi connectivity index (χ1v) is 6.15. The lowest BCUT2D eigenvalue weighted by Crippen LogP contribution is -2.37. The molecule has 1 aromatic rings. The molecule has 108 valence electrons. The van der Waals surface area contributed by atoms with Crippen LogP contribution in [0.25, 0.3) is 0 Å². The standard InChI is InChI=1S/C14H21NO3.ClH/c1-4-6-13(14(16)18-3)15-10-11-7-5-8-12(9-11)17-2;/h5,7-9,13,15H,4,6,10H2,1-3H3;1H. The molecule has 0 bridgehead atoms. The van der Waals surface area contributed by atoms with Gasteiger partial charge >= 0.3 is 5.97 Å². The molecule has 0 spiro atoms. The first-order chi connectivity index (χ1) is 8.71. The molecule has 1 aromatic carbocycles. The minimum atomic E-state index is -0.244. The molecule has 0 aliphatic rings. The van der Waals surface area contributed by atoms with Gasteiger partial charge in [0.05, 0.1) is 14.2 Å². The highest BCUT2D eigenvalue weighted by molar-refractivity contribution is 5.85. The maximum absolute atomic E-state index is 11.5. The second kappa shape index (κ2) is 9.64. The van der Waals surface area contributed by atoms with E-state index in [-0.39, 0.29) is 24.4 Å². The highest BCUT2D eigenvalue weighted by atomic mass is 35.5. The largest absolute Gasteiger partial charge is 0.497 e. The maximum Gasteiger partial charge on any atom is 0.322 e. The number of benzene rings is 1. The van der Waals surface area contributed by atoms with Gasteiger partial charge in [0.15, 0.2) is 0 Å². The molecule has 0 amide bonds. The summed E-state index contributed by atoms with van der Waals surface area (Å²) in [6.07, 6.45) is 1.71. The number of rotatable bonds is 7. The molecule has 0 saturated heterocycles. The van der Waals surface area contributed by atoms with Crippen molar-refractivity contribution < 1.29 is 14.3 Å². The molecule has 1 rings (SSSR count). The van der Waals surface area contributed by atoms with E-state index in [4.69, 9.17) is 9.47 Å². The van der Waals surface area contributed by atoms with Gasteiger partial charge in [-0.1, -0.05) is 25.5 Å². The summed E-state index contributed by atoms with van der Waals surface area (Å²) >= 11 is 0. The van der Waals surface area contributed by atoms with Crippen LogP contribution in [0.1, 0.15) is 25.3 Å². The van der Waals surface area contributed by atoms with Crippen molar-refractivity contribution in [2.24, 2.45) is 0 Å². The Hall–Kier alpha value is -1.26. The van der Waals surface area contributed by atoms with Crippen LogP contribution in [0.2, 0.25) is 0 Å². The van der Waals surface area contributed by atoms with Crippen molar-refractivity contribution in [1.82, 2.24) is 5.32 Å². The Morgan fingerprint density at radius 3 is 2.68 bits per heavy atom. The molecule has 0 saturated carbocycles. The van der Waals surface area contributed by atoms with Crippen molar-refractivity contribution in [3.8, 4) is 5.75 Å². The van der Waals surface area contributed by atoms with E-state index in [1.807, 2.05) is 31.2 Å². The fourth-order valence-corrected chi connectivity index (χ4v) is 1.76. The molecule has 0 heterocycles. The van der Waals surface area contributed by atoms with E-state index >= 15 is 0 Å². The number of nitrogens with one attached hydrogen (secondary N) is 1. The van der Waals surface area contributed by atoms with Crippen LogP contribution in [0, 0.1) is 0 Å². The Balaban J connectivity index is 0.00000324. The van der Waals surface area contributed by atoms with E-state index in [0.29, 0.717) is 6.54 Å². The van der Waals surface area contributed by atoms with Crippen molar-refractivity contribution in [2.45, 2.75) is 32.4 Å². The smallest absolute Gasteiger partial charge is 0.322 e. The molecular formula is C14H22ClNO3. The lowest BCUT2D eigenvalue weighted by molar-refractivity contribution is -0.143. The maximum atomic E-state index is 11.5. The normalized spacial score (nSPS) is 11.3. The van der Waals surface area contributed by atoms with E-state index < -0.39 is 0 Å². The summed E-state index contributed by atoms with van der Waals surface area (Å²) < 4.78 is 9.93. The molecule has 19 heavy (non-hydrogen) atoms. The molecule has 4 nitrogen and oxygen atoms in total. The second-order valence-electron chi connectivity index (χ2n) is 4.10. The predicted octanol–water partition coefficient (Wildman–Crippen LogP) is 2.55. The monoisotopic (exact) mass is 287 g/mol. The van der Waals surface area contributed by atoms with Gasteiger partial charge in [-0.25, -0.2) is 0 Å². The Morgan fingerprint density at radius 1 is 1.37 bits per heavy atom. The van der Waals surface area contributed by atoms with Gasteiger partial charge in [0.1, 0.15) is 11.8 Å². The summed E-state index contributed by atoms with van der Waals surface area (Å²) in [4.78, 5) is 11.5. The highest BCUT2D eigenvalue weighted by Gasteiger charge is 2.16. The number of carbonyl (C=O) groups is 1. The summed E-state index contributed by atoms with van der Waals surface area (Å²) in [5, 5.41) is 3.21. The van der Waals surface area contributed by atoms with Crippen LogP contribution in [-0.4, -0.2) is 26.2 Å². The van der Waals surface area contributed by atoms with Crippen molar-refractivity contribution in [3.05, 3.63) is 29.8 Å². The molecule has 5 heteroatoms. The summed E-state index contributed by atoms with van der Waals surface area (Å²) in [6.45, 7) is 2.67. The van der Waals surface area contributed by atoms with Crippen molar-refractivity contribution in [2.75, 3.05) is 14.2 Å². The zero-order valence-corrected chi connectivity index (χ0v) is 12.5. The van der Waals surface area contributed by atoms with Crippen LogP contribution in [0.4, 0.5) is 0 Å². The fraction of sp³-hybridized carbons (Fsp3) is 0.500. The third kappa shape index (κ3) is 5.94. The molecule has 0 fully saturated rings. The van der Waals surface area contributed by atoms with Gasteiger partial charge < -0.3 is 14.8 Å². The van der Waals surface area contributed by atoms with Crippen LogP contribution in [0.3, 0.4) is 0 Å².